The van der Waals surface area contributed by atoms with Gasteiger partial charge in [-0.2, -0.15) is 0 Å². The van der Waals surface area contributed by atoms with Crippen molar-refractivity contribution in [1.82, 2.24) is 19.6 Å². The summed E-state index contributed by atoms with van der Waals surface area (Å²) in [6.07, 6.45) is 5.44. The van der Waals surface area contributed by atoms with E-state index in [2.05, 4.69) is 10.3 Å². The quantitative estimate of drug-likeness (QED) is 0.855. The number of piperidine rings is 1. The van der Waals surface area contributed by atoms with Crippen LogP contribution in [0.15, 0.2) is 30.7 Å². The van der Waals surface area contributed by atoms with Gasteiger partial charge in [0.1, 0.15) is 5.69 Å². The molecule has 4 heterocycles. The minimum Gasteiger partial charge on any atom is -0.351 e. The van der Waals surface area contributed by atoms with E-state index in [0.29, 0.717) is 11.6 Å². The number of nitrogens with zero attached hydrogens (tertiary/aromatic N) is 3. The Morgan fingerprint density at radius 3 is 2.75 bits per heavy atom. The van der Waals surface area contributed by atoms with Crippen LogP contribution in [-0.4, -0.2) is 45.2 Å². The van der Waals surface area contributed by atoms with Gasteiger partial charge in [-0.25, -0.2) is 4.98 Å². The smallest absolute Gasteiger partial charge is 0.272 e. The molecule has 1 unspecified atom stereocenters. The first kappa shape index (κ1) is 15.2. The molecule has 2 aromatic rings. The molecule has 4 rings (SSSR count). The van der Waals surface area contributed by atoms with Crippen molar-refractivity contribution in [3.8, 4) is 0 Å². The molecule has 1 N–H and O–H groups in total. The zero-order valence-corrected chi connectivity index (χ0v) is 14.0. The number of amides is 2. The number of hydrogen-bond donors (Lipinski definition) is 1. The Bertz CT molecular complexity index is 802. The van der Waals surface area contributed by atoms with Crippen LogP contribution in [0.25, 0.3) is 5.52 Å². The van der Waals surface area contributed by atoms with E-state index in [9.17, 15) is 9.59 Å². The van der Waals surface area contributed by atoms with E-state index in [1.807, 2.05) is 47.5 Å². The lowest BCUT2D eigenvalue weighted by atomic mass is 9.68. The average molecular weight is 326 g/mol. The molecule has 2 saturated heterocycles. The molecule has 0 aliphatic carbocycles. The average Bonchev–Trinajstić information content (AvgIpc) is 3.07. The van der Waals surface area contributed by atoms with Gasteiger partial charge in [0.25, 0.3) is 5.91 Å². The van der Waals surface area contributed by atoms with Crippen LogP contribution in [0.2, 0.25) is 0 Å². The highest BCUT2D eigenvalue weighted by atomic mass is 16.2. The van der Waals surface area contributed by atoms with E-state index in [1.54, 1.807) is 6.33 Å². The number of hydrogen-bond acceptors (Lipinski definition) is 3. The van der Waals surface area contributed by atoms with Crippen LogP contribution in [0.4, 0.5) is 0 Å². The maximum atomic E-state index is 12.7. The second kappa shape index (κ2) is 5.33. The van der Waals surface area contributed by atoms with E-state index in [1.165, 1.54) is 0 Å². The number of nitrogens with one attached hydrogen (secondary N) is 1. The summed E-state index contributed by atoms with van der Waals surface area (Å²) in [5.41, 5.74) is 1.19. The number of aromatic nitrogens is 2. The Morgan fingerprint density at radius 2 is 2.08 bits per heavy atom. The summed E-state index contributed by atoms with van der Waals surface area (Å²) >= 11 is 0. The summed E-state index contributed by atoms with van der Waals surface area (Å²) < 4.78 is 1.89. The van der Waals surface area contributed by atoms with Gasteiger partial charge in [0.2, 0.25) is 5.91 Å². The third kappa shape index (κ3) is 2.28. The predicted molar refractivity (Wildman–Crippen MR) is 89.5 cm³/mol. The summed E-state index contributed by atoms with van der Waals surface area (Å²) in [6.45, 7) is 5.45. The fourth-order valence-corrected chi connectivity index (χ4v) is 3.93. The van der Waals surface area contributed by atoms with E-state index >= 15 is 0 Å². The van der Waals surface area contributed by atoms with Gasteiger partial charge in [0.05, 0.1) is 11.7 Å². The molecule has 0 radical (unpaired) electrons. The molecule has 0 spiro atoms. The van der Waals surface area contributed by atoms with Crippen LogP contribution in [0.1, 0.15) is 37.2 Å². The van der Waals surface area contributed by atoms with Gasteiger partial charge in [-0.15, -0.1) is 0 Å². The third-order valence-corrected chi connectivity index (χ3v) is 5.58. The molecule has 0 aromatic carbocycles. The van der Waals surface area contributed by atoms with Crippen molar-refractivity contribution in [2.75, 3.05) is 13.1 Å². The highest BCUT2D eigenvalue weighted by molar-refractivity contribution is 5.93. The lowest BCUT2D eigenvalue weighted by Crippen LogP contribution is -2.68. The fraction of sp³-hybridized carbons (Fsp3) is 0.500. The highest BCUT2D eigenvalue weighted by Gasteiger charge is 2.51. The molecular weight excluding hydrogens is 304 g/mol. The summed E-state index contributed by atoms with van der Waals surface area (Å²) in [4.78, 5) is 30.5. The first-order valence-electron chi connectivity index (χ1n) is 8.50. The number of fused-ring (bicyclic) bond motifs is 1. The zero-order chi connectivity index (χ0) is 16.9. The van der Waals surface area contributed by atoms with Crippen LogP contribution in [-0.2, 0) is 4.79 Å². The van der Waals surface area contributed by atoms with E-state index in [4.69, 9.17) is 0 Å². The second-order valence-corrected chi connectivity index (χ2v) is 7.42. The maximum absolute atomic E-state index is 12.7. The standard InChI is InChI=1S/C18H22N4O2/c1-18(2)15(20-17(18)24)12-5-8-21(9-6-12)16(23)14-10-13-4-3-7-22(13)11-19-14/h3-4,7,10-12,15H,5-6,8-9H2,1-2H3,(H,20,24). The first-order valence-corrected chi connectivity index (χ1v) is 8.50. The summed E-state index contributed by atoms with van der Waals surface area (Å²) in [5.74, 6) is 0.576. The molecular formula is C18H22N4O2. The lowest BCUT2D eigenvalue weighted by Gasteiger charge is -2.50. The van der Waals surface area contributed by atoms with Crippen molar-refractivity contribution >= 4 is 17.3 Å². The molecule has 2 amide bonds. The van der Waals surface area contributed by atoms with Crippen LogP contribution < -0.4 is 5.32 Å². The first-order chi connectivity index (χ1) is 11.5. The SMILES string of the molecule is CC1(C)C(=O)NC1C1CCN(C(=O)c2cc3cccn3cn2)CC1. The van der Waals surface area contributed by atoms with Crippen LogP contribution in [0.5, 0.6) is 0 Å². The van der Waals surface area contributed by atoms with Crippen molar-refractivity contribution in [2.45, 2.75) is 32.7 Å². The van der Waals surface area contributed by atoms with Crippen LogP contribution in [0, 0.1) is 11.3 Å². The Labute approximate surface area is 140 Å². The molecule has 126 valence electrons. The molecule has 2 fully saturated rings. The molecule has 24 heavy (non-hydrogen) atoms. The van der Waals surface area contributed by atoms with Gasteiger partial charge in [0.15, 0.2) is 0 Å². The van der Waals surface area contributed by atoms with Crippen molar-refractivity contribution in [1.29, 1.82) is 0 Å². The molecule has 0 saturated carbocycles. The van der Waals surface area contributed by atoms with Crippen molar-refractivity contribution in [3.63, 3.8) is 0 Å². The third-order valence-electron chi connectivity index (χ3n) is 5.58. The van der Waals surface area contributed by atoms with Gasteiger partial charge >= 0.3 is 0 Å². The van der Waals surface area contributed by atoms with Crippen molar-refractivity contribution < 1.29 is 9.59 Å². The van der Waals surface area contributed by atoms with Crippen LogP contribution >= 0.6 is 0 Å². The largest absolute Gasteiger partial charge is 0.351 e. The van der Waals surface area contributed by atoms with Gasteiger partial charge in [0, 0.05) is 30.8 Å². The van der Waals surface area contributed by atoms with E-state index in [-0.39, 0.29) is 23.3 Å². The Hall–Kier alpha value is -2.37. The molecule has 0 bridgehead atoms. The zero-order valence-electron chi connectivity index (χ0n) is 14.0. The number of likely N-dealkylation sites (tertiary alicyclic amines) is 1. The predicted octanol–water partition coefficient (Wildman–Crippen LogP) is 1.71. The van der Waals surface area contributed by atoms with Crippen LogP contribution in [0.3, 0.4) is 0 Å². The Kier molecular flexibility index (Phi) is 3.37. The molecule has 6 heteroatoms. The Morgan fingerprint density at radius 1 is 1.33 bits per heavy atom. The number of carbonyl (C=O) groups excluding carboxylic acids is 2. The molecule has 1 atom stereocenters. The molecule has 2 aromatic heterocycles. The maximum Gasteiger partial charge on any atom is 0.272 e. The minimum absolute atomic E-state index is 0.00550. The fourth-order valence-electron chi connectivity index (χ4n) is 3.93. The Balaban J connectivity index is 1.42. The normalized spacial score (nSPS) is 23.8. The number of β-lactam (4-membered cyclic amide) rings is 1. The number of rotatable bonds is 2. The monoisotopic (exact) mass is 326 g/mol. The van der Waals surface area contributed by atoms with Gasteiger partial charge in [-0.1, -0.05) is 0 Å². The summed E-state index contributed by atoms with van der Waals surface area (Å²) in [6, 6.07) is 5.97. The molecule has 2 aliphatic heterocycles. The summed E-state index contributed by atoms with van der Waals surface area (Å²) in [7, 11) is 0. The van der Waals surface area contributed by atoms with Gasteiger partial charge in [-0.3, -0.25) is 9.59 Å². The summed E-state index contributed by atoms with van der Waals surface area (Å²) in [5, 5.41) is 3.04. The van der Waals surface area contributed by atoms with Gasteiger partial charge < -0.3 is 14.6 Å². The topological polar surface area (TPSA) is 66.7 Å². The number of carbonyl (C=O) groups is 2. The second-order valence-electron chi connectivity index (χ2n) is 7.42. The molecule has 2 aliphatic rings. The minimum atomic E-state index is -0.279. The lowest BCUT2D eigenvalue weighted by molar-refractivity contribution is -0.146. The molecule has 6 nitrogen and oxygen atoms in total. The van der Waals surface area contributed by atoms with Gasteiger partial charge in [-0.05, 0) is 50.8 Å². The van der Waals surface area contributed by atoms with E-state index < -0.39 is 0 Å². The van der Waals surface area contributed by atoms with Crippen molar-refractivity contribution in [2.24, 2.45) is 11.3 Å². The highest BCUT2D eigenvalue weighted by Crippen LogP contribution is 2.38. The van der Waals surface area contributed by atoms with E-state index in [0.717, 1.165) is 31.4 Å². The van der Waals surface area contributed by atoms with Crippen molar-refractivity contribution in [3.05, 3.63) is 36.4 Å².